The zero-order chi connectivity index (χ0) is 8.10. The Morgan fingerprint density at radius 1 is 1.82 bits per heavy atom. The van der Waals surface area contributed by atoms with Gasteiger partial charge in [0.2, 0.25) is 0 Å². The maximum absolute atomic E-state index is 5.23. The highest BCUT2D eigenvalue weighted by atomic mass is 32.1. The minimum absolute atomic E-state index is 0.341. The van der Waals surface area contributed by atoms with Gasteiger partial charge in [-0.3, -0.25) is 5.10 Å². The molecule has 11 heavy (non-hydrogen) atoms. The molecule has 0 unspecified atom stereocenters. The lowest BCUT2D eigenvalue weighted by atomic mass is 10.2. The van der Waals surface area contributed by atoms with Crippen LogP contribution in [0.4, 0.5) is 0 Å². The van der Waals surface area contributed by atoms with Crippen molar-refractivity contribution in [2.45, 2.75) is 6.42 Å². The zero-order valence-corrected chi connectivity index (χ0v) is 6.82. The fourth-order valence-electron chi connectivity index (χ4n) is 0.744. The highest BCUT2D eigenvalue weighted by Gasteiger charge is 1.92. The highest BCUT2D eigenvalue weighted by Crippen LogP contribution is 1.92. The average molecular weight is 170 g/mol. The first kappa shape index (κ1) is 8.00. The molecule has 0 aliphatic rings. The topological polar surface area (TPSA) is 66.7 Å². The largest absolute Gasteiger partial charge is 0.376 e. The molecule has 0 bridgehead atoms. The molecular formula is C6H10N4S. The number of rotatable bonds is 3. The molecule has 0 aliphatic heterocycles. The summed E-state index contributed by atoms with van der Waals surface area (Å²) in [5.41, 5.74) is 6.38. The third kappa shape index (κ3) is 2.99. The zero-order valence-electron chi connectivity index (χ0n) is 6.00. The van der Waals surface area contributed by atoms with Crippen LogP contribution in [0, 0.1) is 0 Å². The third-order valence-corrected chi connectivity index (χ3v) is 1.41. The van der Waals surface area contributed by atoms with E-state index in [0.717, 1.165) is 18.5 Å². The lowest BCUT2D eigenvalue weighted by Gasteiger charge is -1.99. The van der Waals surface area contributed by atoms with Crippen molar-refractivity contribution in [3.8, 4) is 0 Å². The van der Waals surface area contributed by atoms with Crippen molar-refractivity contribution < 1.29 is 0 Å². The average Bonchev–Trinajstić information content (AvgIpc) is 2.39. The lowest BCUT2D eigenvalue weighted by molar-refractivity contribution is 0.870. The Morgan fingerprint density at radius 2 is 2.64 bits per heavy atom. The Kier molecular flexibility index (Phi) is 2.85. The highest BCUT2D eigenvalue weighted by molar-refractivity contribution is 7.80. The molecule has 0 aliphatic carbocycles. The maximum Gasteiger partial charge on any atom is 0.163 e. The summed E-state index contributed by atoms with van der Waals surface area (Å²) in [5.74, 6) is 0. The number of nitrogens with zero attached hydrogens (tertiary/aromatic N) is 1. The van der Waals surface area contributed by atoms with Crippen LogP contribution in [0.3, 0.4) is 0 Å². The van der Waals surface area contributed by atoms with Crippen molar-refractivity contribution in [1.82, 2.24) is 15.5 Å². The van der Waals surface area contributed by atoms with Crippen molar-refractivity contribution in [1.29, 1.82) is 0 Å². The summed E-state index contributed by atoms with van der Waals surface area (Å²) in [7, 11) is 0. The Hall–Kier alpha value is -1.10. The second-order valence-electron chi connectivity index (χ2n) is 2.15. The minimum Gasteiger partial charge on any atom is -0.376 e. The van der Waals surface area contributed by atoms with Crippen molar-refractivity contribution in [3.63, 3.8) is 0 Å². The smallest absolute Gasteiger partial charge is 0.163 e. The lowest BCUT2D eigenvalue weighted by Crippen LogP contribution is -2.30. The van der Waals surface area contributed by atoms with Gasteiger partial charge in [0.15, 0.2) is 5.11 Å². The molecule has 0 saturated carbocycles. The second kappa shape index (κ2) is 3.92. The fraction of sp³-hybridized carbons (Fsp3) is 0.333. The molecule has 0 fully saturated rings. The van der Waals surface area contributed by atoms with Gasteiger partial charge in [-0.15, -0.1) is 0 Å². The van der Waals surface area contributed by atoms with Crippen LogP contribution in [0.2, 0.25) is 0 Å². The van der Waals surface area contributed by atoms with E-state index in [9.17, 15) is 0 Å². The van der Waals surface area contributed by atoms with E-state index in [1.54, 1.807) is 6.20 Å². The van der Waals surface area contributed by atoms with Crippen LogP contribution in [0.1, 0.15) is 5.56 Å². The Labute approximate surface area is 70.2 Å². The summed E-state index contributed by atoms with van der Waals surface area (Å²) in [6.45, 7) is 0.759. The number of nitrogens with one attached hydrogen (secondary N) is 2. The van der Waals surface area contributed by atoms with E-state index in [1.807, 2.05) is 6.20 Å². The molecule has 5 heteroatoms. The van der Waals surface area contributed by atoms with Gasteiger partial charge in [-0.1, -0.05) is 0 Å². The van der Waals surface area contributed by atoms with E-state index in [-0.39, 0.29) is 0 Å². The second-order valence-corrected chi connectivity index (χ2v) is 2.59. The van der Waals surface area contributed by atoms with Crippen LogP contribution in [0.5, 0.6) is 0 Å². The van der Waals surface area contributed by atoms with Gasteiger partial charge in [-0.25, -0.2) is 0 Å². The summed E-state index contributed by atoms with van der Waals surface area (Å²) in [6.07, 6.45) is 4.51. The number of hydrogen-bond acceptors (Lipinski definition) is 2. The van der Waals surface area contributed by atoms with Crippen molar-refractivity contribution in [3.05, 3.63) is 18.0 Å². The van der Waals surface area contributed by atoms with Gasteiger partial charge >= 0.3 is 0 Å². The van der Waals surface area contributed by atoms with E-state index < -0.39 is 0 Å². The van der Waals surface area contributed by atoms with Crippen LogP contribution in [0.15, 0.2) is 12.4 Å². The van der Waals surface area contributed by atoms with Gasteiger partial charge < -0.3 is 11.1 Å². The van der Waals surface area contributed by atoms with E-state index in [1.165, 1.54) is 0 Å². The quantitative estimate of drug-likeness (QED) is 0.549. The summed E-state index contributed by atoms with van der Waals surface area (Å²) in [4.78, 5) is 0. The van der Waals surface area contributed by atoms with Crippen molar-refractivity contribution in [2.24, 2.45) is 5.73 Å². The van der Waals surface area contributed by atoms with Gasteiger partial charge in [0.1, 0.15) is 0 Å². The van der Waals surface area contributed by atoms with Gasteiger partial charge in [-0.05, 0) is 24.2 Å². The number of nitrogens with two attached hydrogens (primary N) is 1. The molecule has 0 atom stereocenters. The van der Waals surface area contributed by atoms with Crippen LogP contribution in [-0.4, -0.2) is 21.9 Å². The van der Waals surface area contributed by atoms with Gasteiger partial charge in [0.05, 0.1) is 6.20 Å². The Morgan fingerprint density at radius 3 is 3.18 bits per heavy atom. The van der Waals surface area contributed by atoms with E-state index in [4.69, 9.17) is 5.73 Å². The van der Waals surface area contributed by atoms with E-state index in [0.29, 0.717) is 5.11 Å². The molecule has 0 aromatic carbocycles. The van der Waals surface area contributed by atoms with E-state index in [2.05, 4.69) is 27.7 Å². The molecule has 1 rings (SSSR count). The summed E-state index contributed by atoms with van der Waals surface area (Å²) in [6, 6.07) is 0. The molecule has 4 nitrogen and oxygen atoms in total. The van der Waals surface area contributed by atoms with Crippen LogP contribution < -0.4 is 11.1 Å². The molecule has 0 radical (unpaired) electrons. The molecule has 0 saturated heterocycles. The minimum atomic E-state index is 0.341. The third-order valence-electron chi connectivity index (χ3n) is 1.27. The van der Waals surface area contributed by atoms with Gasteiger partial charge in [-0.2, -0.15) is 5.10 Å². The molecule has 1 aromatic heterocycles. The number of H-pyrrole nitrogens is 1. The summed E-state index contributed by atoms with van der Waals surface area (Å²) in [5, 5.41) is 9.72. The fourth-order valence-corrected chi connectivity index (χ4v) is 0.846. The predicted octanol–water partition coefficient (Wildman–Crippen LogP) is -0.215. The molecule has 4 N–H and O–H groups in total. The Balaban J connectivity index is 2.19. The molecule has 1 heterocycles. The molecule has 1 aromatic rings. The number of aromatic amines is 1. The molecule has 0 spiro atoms. The van der Waals surface area contributed by atoms with E-state index >= 15 is 0 Å². The summed E-state index contributed by atoms with van der Waals surface area (Å²) >= 11 is 4.63. The van der Waals surface area contributed by atoms with Gasteiger partial charge in [0.25, 0.3) is 0 Å². The van der Waals surface area contributed by atoms with Gasteiger partial charge in [0, 0.05) is 12.7 Å². The number of aromatic nitrogens is 2. The first-order valence-electron chi connectivity index (χ1n) is 3.30. The predicted molar refractivity (Wildman–Crippen MR) is 47.1 cm³/mol. The summed E-state index contributed by atoms with van der Waals surface area (Å²) < 4.78 is 0. The number of hydrogen-bond donors (Lipinski definition) is 3. The van der Waals surface area contributed by atoms with Crippen molar-refractivity contribution in [2.75, 3.05) is 6.54 Å². The molecule has 60 valence electrons. The molecule has 0 amide bonds. The Bertz CT molecular complexity index is 218. The molecular weight excluding hydrogens is 160 g/mol. The standard InChI is InChI=1S/C6H10N4S/c7-6(11)8-2-1-5-3-9-10-4-5/h3-4H,1-2H2,(H,9,10)(H3,7,8,11). The van der Waals surface area contributed by atoms with Crippen LogP contribution >= 0.6 is 12.2 Å². The maximum atomic E-state index is 5.23. The normalized spacial score (nSPS) is 9.45. The van der Waals surface area contributed by atoms with Crippen molar-refractivity contribution >= 4 is 17.3 Å². The van der Waals surface area contributed by atoms with Crippen LogP contribution in [-0.2, 0) is 6.42 Å². The first-order valence-corrected chi connectivity index (χ1v) is 3.71. The first-order chi connectivity index (χ1) is 5.29. The monoisotopic (exact) mass is 170 g/mol. The number of thiocarbonyl (C=S) groups is 1. The van der Waals surface area contributed by atoms with Crippen LogP contribution in [0.25, 0.3) is 0 Å². The SMILES string of the molecule is NC(=S)NCCc1cn[nH]c1.